The number of aromatic nitrogens is 2. The minimum atomic E-state index is -4.67. The van der Waals surface area contributed by atoms with Crippen LogP contribution in [0.2, 0.25) is 0 Å². The van der Waals surface area contributed by atoms with Crippen LogP contribution in [-0.4, -0.2) is 20.9 Å². The average Bonchev–Trinajstić information content (AvgIpc) is 2.76. The Kier molecular flexibility index (Phi) is 3.52. The van der Waals surface area contributed by atoms with E-state index in [0.29, 0.717) is 11.6 Å². The molecule has 1 aromatic carbocycles. The fourth-order valence-corrected chi connectivity index (χ4v) is 1.80. The predicted octanol–water partition coefficient (Wildman–Crippen LogP) is 2.96. The van der Waals surface area contributed by atoms with Crippen LogP contribution in [0.1, 0.15) is 27.3 Å². The molecule has 1 aromatic heterocycles. The van der Waals surface area contributed by atoms with Crippen molar-refractivity contribution in [2.75, 3.05) is 0 Å². The molecule has 0 saturated carbocycles. The molecule has 0 radical (unpaired) electrons. The monoisotopic (exact) mass is 284 g/mol. The van der Waals surface area contributed by atoms with Crippen LogP contribution < -0.4 is 0 Å². The molecule has 2 aromatic rings. The first-order chi connectivity index (χ1) is 9.29. The fraction of sp³-hybridized carbons (Fsp3) is 0.231. The molecule has 0 spiro atoms. The van der Waals surface area contributed by atoms with Crippen molar-refractivity contribution in [2.45, 2.75) is 19.6 Å². The number of carboxylic acid groups (broad SMARTS) is 1. The Balaban J connectivity index is 2.43. The summed E-state index contributed by atoms with van der Waals surface area (Å²) in [7, 11) is 0. The second kappa shape index (κ2) is 4.99. The van der Waals surface area contributed by atoms with Gasteiger partial charge in [-0.25, -0.2) is 4.79 Å². The first-order valence-corrected chi connectivity index (χ1v) is 5.72. The molecule has 0 atom stereocenters. The van der Waals surface area contributed by atoms with E-state index in [0.717, 1.165) is 10.2 Å². The summed E-state index contributed by atoms with van der Waals surface area (Å²) in [5.41, 5.74) is -0.121. The molecule has 2 rings (SSSR count). The number of nitrogens with zero attached hydrogens (tertiary/aromatic N) is 2. The molecule has 0 bridgehead atoms. The second-order valence-electron chi connectivity index (χ2n) is 4.30. The van der Waals surface area contributed by atoms with Gasteiger partial charge in [0.15, 0.2) is 5.69 Å². The van der Waals surface area contributed by atoms with Crippen LogP contribution in [-0.2, 0) is 12.7 Å². The Labute approximate surface area is 112 Å². The van der Waals surface area contributed by atoms with Crippen LogP contribution in [0.3, 0.4) is 0 Å². The van der Waals surface area contributed by atoms with Crippen LogP contribution in [0.25, 0.3) is 0 Å². The average molecular weight is 284 g/mol. The molecule has 0 aliphatic rings. The van der Waals surface area contributed by atoms with E-state index in [1.807, 2.05) is 0 Å². The van der Waals surface area contributed by atoms with Gasteiger partial charge in [-0.3, -0.25) is 4.68 Å². The third-order valence-corrected chi connectivity index (χ3v) is 2.87. The SMILES string of the molecule is Cc1ccccc1Cn1nc(C(F)(F)F)cc1C(=O)O. The highest BCUT2D eigenvalue weighted by molar-refractivity contribution is 5.85. The molecule has 0 saturated heterocycles. The smallest absolute Gasteiger partial charge is 0.435 e. The quantitative estimate of drug-likeness (QED) is 0.942. The molecule has 0 fully saturated rings. The van der Waals surface area contributed by atoms with Crippen LogP contribution in [0.15, 0.2) is 30.3 Å². The van der Waals surface area contributed by atoms with E-state index in [4.69, 9.17) is 5.11 Å². The summed E-state index contributed by atoms with van der Waals surface area (Å²) in [5, 5.41) is 12.3. The van der Waals surface area contributed by atoms with E-state index < -0.39 is 23.5 Å². The van der Waals surface area contributed by atoms with Gasteiger partial charge in [-0.05, 0) is 18.1 Å². The van der Waals surface area contributed by atoms with Gasteiger partial charge in [-0.15, -0.1) is 0 Å². The van der Waals surface area contributed by atoms with Gasteiger partial charge in [0.25, 0.3) is 0 Å². The number of halogens is 3. The van der Waals surface area contributed by atoms with E-state index in [-0.39, 0.29) is 6.54 Å². The number of carboxylic acids is 1. The standard InChI is InChI=1S/C13H11F3N2O2/c1-8-4-2-3-5-9(8)7-18-10(12(19)20)6-11(17-18)13(14,15)16/h2-6H,7H2,1H3,(H,19,20). The molecular formula is C13H11F3N2O2. The normalized spacial score (nSPS) is 11.6. The molecule has 4 nitrogen and oxygen atoms in total. The third-order valence-electron chi connectivity index (χ3n) is 2.87. The maximum absolute atomic E-state index is 12.6. The lowest BCUT2D eigenvalue weighted by atomic mass is 10.1. The molecule has 0 aliphatic heterocycles. The summed E-state index contributed by atoms with van der Waals surface area (Å²) < 4.78 is 38.6. The van der Waals surface area contributed by atoms with Gasteiger partial charge in [0, 0.05) is 6.07 Å². The summed E-state index contributed by atoms with van der Waals surface area (Å²) in [6.45, 7) is 1.77. The highest BCUT2D eigenvalue weighted by Crippen LogP contribution is 2.29. The zero-order valence-electron chi connectivity index (χ0n) is 10.5. The number of rotatable bonds is 3. The van der Waals surface area contributed by atoms with Crippen molar-refractivity contribution < 1.29 is 23.1 Å². The molecular weight excluding hydrogens is 273 g/mol. The second-order valence-corrected chi connectivity index (χ2v) is 4.30. The Morgan fingerprint density at radius 2 is 2.00 bits per heavy atom. The molecule has 1 heterocycles. The number of carbonyl (C=O) groups is 1. The van der Waals surface area contributed by atoms with Crippen molar-refractivity contribution in [1.82, 2.24) is 9.78 Å². The first kappa shape index (κ1) is 14.1. The van der Waals surface area contributed by atoms with Crippen molar-refractivity contribution >= 4 is 5.97 Å². The summed E-state index contributed by atoms with van der Waals surface area (Å²) >= 11 is 0. The minimum absolute atomic E-state index is 0.0234. The molecule has 0 aliphatic carbocycles. The Morgan fingerprint density at radius 3 is 2.55 bits per heavy atom. The Morgan fingerprint density at radius 1 is 1.35 bits per heavy atom. The van der Waals surface area contributed by atoms with Gasteiger partial charge in [-0.1, -0.05) is 24.3 Å². The maximum atomic E-state index is 12.6. The van der Waals surface area contributed by atoms with Gasteiger partial charge in [0.2, 0.25) is 0 Å². The Hall–Kier alpha value is -2.31. The van der Waals surface area contributed by atoms with Gasteiger partial charge in [-0.2, -0.15) is 18.3 Å². The largest absolute Gasteiger partial charge is 0.477 e. The molecule has 0 unspecified atom stereocenters. The van der Waals surface area contributed by atoms with Gasteiger partial charge < -0.3 is 5.11 Å². The van der Waals surface area contributed by atoms with Gasteiger partial charge in [0.05, 0.1) is 6.54 Å². The van der Waals surface area contributed by atoms with Crippen molar-refractivity contribution in [3.05, 3.63) is 52.8 Å². The summed E-state index contributed by atoms with van der Waals surface area (Å²) in [4.78, 5) is 11.0. The van der Waals surface area contributed by atoms with Crippen LogP contribution in [0, 0.1) is 6.92 Å². The predicted molar refractivity (Wildman–Crippen MR) is 64.5 cm³/mol. The van der Waals surface area contributed by atoms with Crippen LogP contribution in [0.4, 0.5) is 13.2 Å². The lowest BCUT2D eigenvalue weighted by molar-refractivity contribution is -0.141. The highest BCUT2D eigenvalue weighted by Gasteiger charge is 2.35. The van der Waals surface area contributed by atoms with E-state index >= 15 is 0 Å². The zero-order valence-corrected chi connectivity index (χ0v) is 10.5. The lowest BCUT2D eigenvalue weighted by Gasteiger charge is -2.07. The van der Waals surface area contributed by atoms with E-state index in [2.05, 4.69) is 5.10 Å². The highest BCUT2D eigenvalue weighted by atomic mass is 19.4. The molecule has 7 heteroatoms. The minimum Gasteiger partial charge on any atom is -0.477 e. The van der Waals surface area contributed by atoms with E-state index in [1.54, 1.807) is 31.2 Å². The van der Waals surface area contributed by atoms with Crippen LogP contribution in [0.5, 0.6) is 0 Å². The summed E-state index contributed by atoms with van der Waals surface area (Å²) in [5.74, 6) is -1.44. The van der Waals surface area contributed by atoms with E-state index in [1.165, 1.54) is 0 Å². The summed E-state index contributed by atoms with van der Waals surface area (Å²) in [6.07, 6.45) is -4.67. The zero-order chi connectivity index (χ0) is 14.9. The third kappa shape index (κ3) is 2.81. The van der Waals surface area contributed by atoms with Gasteiger partial charge in [0.1, 0.15) is 5.69 Å². The number of hydrogen-bond acceptors (Lipinski definition) is 2. The number of alkyl halides is 3. The molecule has 106 valence electrons. The maximum Gasteiger partial charge on any atom is 0.435 e. The Bertz CT molecular complexity index is 647. The number of aryl methyl sites for hydroxylation is 1. The van der Waals surface area contributed by atoms with Crippen LogP contribution >= 0.6 is 0 Å². The van der Waals surface area contributed by atoms with Crippen molar-refractivity contribution in [2.24, 2.45) is 0 Å². The topological polar surface area (TPSA) is 55.1 Å². The number of benzene rings is 1. The molecule has 1 N–H and O–H groups in total. The van der Waals surface area contributed by atoms with Crippen molar-refractivity contribution in [3.8, 4) is 0 Å². The summed E-state index contributed by atoms with van der Waals surface area (Å²) in [6, 6.07) is 7.58. The number of aromatic carboxylic acids is 1. The van der Waals surface area contributed by atoms with E-state index in [9.17, 15) is 18.0 Å². The van der Waals surface area contributed by atoms with Gasteiger partial charge >= 0.3 is 12.1 Å². The lowest BCUT2D eigenvalue weighted by Crippen LogP contribution is -2.12. The fourth-order valence-electron chi connectivity index (χ4n) is 1.80. The molecule has 20 heavy (non-hydrogen) atoms. The number of hydrogen-bond donors (Lipinski definition) is 1. The molecule has 0 amide bonds. The van der Waals surface area contributed by atoms with Crippen molar-refractivity contribution in [3.63, 3.8) is 0 Å². The first-order valence-electron chi connectivity index (χ1n) is 5.72. The van der Waals surface area contributed by atoms with Crippen molar-refractivity contribution in [1.29, 1.82) is 0 Å².